The van der Waals surface area contributed by atoms with Gasteiger partial charge < -0.3 is 19.7 Å². The minimum absolute atomic E-state index is 0.00928. The normalized spacial score (nSPS) is 10.6. The first-order valence-electron chi connectivity index (χ1n) is 8.40. The summed E-state index contributed by atoms with van der Waals surface area (Å²) in [6.45, 7) is 1.71. The Hall–Kier alpha value is -3.31. The Kier molecular flexibility index (Phi) is 5.43. The monoisotopic (exact) mass is 364 g/mol. The Morgan fingerprint density at radius 1 is 1.00 bits per heavy atom. The Balaban J connectivity index is 2.23. The van der Waals surface area contributed by atoms with Gasteiger partial charge in [-0.1, -0.05) is 36.4 Å². The number of hydrogen-bond donors (Lipinski definition) is 2. The largest absolute Gasteiger partial charge is 0.507 e. The summed E-state index contributed by atoms with van der Waals surface area (Å²) in [5, 5.41) is 19.9. The van der Waals surface area contributed by atoms with Gasteiger partial charge in [-0.05, 0) is 47.9 Å². The molecule has 2 N–H and O–H groups in total. The van der Waals surface area contributed by atoms with E-state index in [0.717, 1.165) is 11.1 Å². The number of rotatable bonds is 6. The van der Waals surface area contributed by atoms with Crippen molar-refractivity contribution in [3.8, 4) is 33.8 Å². The van der Waals surface area contributed by atoms with E-state index in [4.69, 9.17) is 9.47 Å². The number of methoxy groups -OCH3 is 1. The first kappa shape index (κ1) is 18.5. The molecule has 0 radical (unpaired) electrons. The Bertz CT molecular complexity index is 964. The van der Waals surface area contributed by atoms with E-state index in [1.807, 2.05) is 42.5 Å². The molecule has 0 bridgehead atoms. The number of hydrogen-bond acceptors (Lipinski definition) is 4. The van der Waals surface area contributed by atoms with E-state index < -0.39 is 5.97 Å². The van der Waals surface area contributed by atoms with Crippen LogP contribution in [0.2, 0.25) is 0 Å². The first-order valence-corrected chi connectivity index (χ1v) is 8.40. The molecule has 0 spiro atoms. The van der Waals surface area contributed by atoms with Crippen LogP contribution in [-0.2, 0) is 4.74 Å². The van der Waals surface area contributed by atoms with E-state index in [0.29, 0.717) is 22.4 Å². The highest BCUT2D eigenvalue weighted by atomic mass is 16.7. The Labute approximate surface area is 157 Å². The summed E-state index contributed by atoms with van der Waals surface area (Å²) < 4.78 is 10.7. The van der Waals surface area contributed by atoms with Gasteiger partial charge in [0.25, 0.3) is 0 Å². The molecule has 0 heterocycles. The second kappa shape index (κ2) is 7.93. The number of ether oxygens (including phenoxy) is 2. The molecule has 3 aromatic carbocycles. The third kappa shape index (κ3) is 3.78. The minimum atomic E-state index is -1.05. The van der Waals surface area contributed by atoms with E-state index in [-0.39, 0.29) is 18.1 Å². The number of carboxylic acids is 1. The van der Waals surface area contributed by atoms with Crippen LogP contribution in [0.25, 0.3) is 22.3 Å². The van der Waals surface area contributed by atoms with E-state index in [9.17, 15) is 15.0 Å². The summed E-state index contributed by atoms with van der Waals surface area (Å²) in [5.41, 5.74) is 3.56. The lowest BCUT2D eigenvalue weighted by Crippen LogP contribution is -2.04. The molecule has 0 saturated heterocycles. The summed E-state index contributed by atoms with van der Waals surface area (Å²) in [6, 6.07) is 18.2. The van der Waals surface area contributed by atoms with Crippen molar-refractivity contribution in [1.82, 2.24) is 0 Å². The molecule has 0 unspecified atom stereocenters. The summed E-state index contributed by atoms with van der Waals surface area (Å²) >= 11 is 0. The van der Waals surface area contributed by atoms with Gasteiger partial charge in [-0.15, -0.1) is 0 Å². The average Bonchev–Trinajstić information content (AvgIpc) is 2.67. The van der Waals surface area contributed by atoms with Gasteiger partial charge in [0.1, 0.15) is 11.5 Å². The van der Waals surface area contributed by atoms with Crippen molar-refractivity contribution in [3.05, 3.63) is 71.8 Å². The van der Waals surface area contributed by atoms with Crippen molar-refractivity contribution < 1.29 is 24.5 Å². The summed E-state index contributed by atoms with van der Waals surface area (Å²) in [6.07, 6.45) is 0. The molecule has 0 aliphatic rings. The second-order valence-electron chi connectivity index (χ2n) is 6.07. The van der Waals surface area contributed by atoms with Crippen molar-refractivity contribution in [1.29, 1.82) is 0 Å². The molecular weight excluding hydrogens is 344 g/mol. The Morgan fingerprint density at radius 2 is 1.74 bits per heavy atom. The van der Waals surface area contributed by atoms with Crippen molar-refractivity contribution in [3.63, 3.8) is 0 Å². The topological polar surface area (TPSA) is 76.0 Å². The van der Waals surface area contributed by atoms with Crippen molar-refractivity contribution in [2.75, 3.05) is 13.9 Å². The standard InChI is InChI=1S/C22H20O5/c1-14-17(22(24)25)9-10-19(23)21(14)18-12-16(15-6-4-3-5-7-15)8-11-20(18)27-13-26-2/h3-12,23H,13H2,1-2H3,(H,24,25). The second-order valence-corrected chi connectivity index (χ2v) is 6.07. The predicted octanol–water partition coefficient (Wildman–Crippen LogP) is 4.72. The minimum Gasteiger partial charge on any atom is -0.507 e. The quantitative estimate of drug-likeness (QED) is 0.619. The van der Waals surface area contributed by atoms with Gasteiger partial charge in [-0.2, -0.15) is 0 Å². The molecule has 27 heavy (non-hydrogen) atoms. The Morgan fingerprint density at radius 3 is 2.41 bits per heavy atom. The van der Waals surface area contributed by atoms with Gasteiger partial charge in [0.15, 0.2) is 6.79 Å². The molecule has 0 aliphatic heterocycles. The molecule has 0 atom stereocenters. The predicted molar refractivity (Wildman–Crippen MR) is 103 cm³/mol. The molecule has 0 fully saturated rings. The molecular formula is C22H20O5. The van der Waals surface area contributed by atoms with E-state index in [2.05, 4.69) is 0 Å². The highest BCUT2D eigenvalue weighted by Gasteiger charge is 2.19. The van der Waals surface area contributed by atoms with E-state index >= 15 is 0 Å². The molecule has 0 amide bonds. The highest BCUT2D eigenvalue weighted by molar-refractivity contribution is 5.94. The zero-order chi connectivity index (χ0) is 19.4. The lowest BCUT2D eigenvalue weighted by atomic mass is 9.92. The summed E-state index contributed by atoms with van der Waals surface area (Å²) in [5.74, 6) is -0.560. The van der Waals surface area contributed by atoms with Crippen molar-refractivity contribution in [2.24, 2.45) is 0 Å². The number of aromatic hydroxyl groups is 1. The number of carboxylic acid groups (broad SMARTS) is 1. The number of carbonyl (C=O) groups is 1. The number of phenols is 1. The maximum atomic E-state index is 11.5. The van der Waals surface area contributed by atoms with Crippen molar-refractivity contribution >= 4 is 5.97 Å². The fourth-order valence-electron chi connectivity index (χ4n) is 3.05. The van der Waals surface area contributed by atoms with Gasteiger partial charge in [-0.25, -0.2) is 4.79 Å². The molecule has 0 aliphatic carbocycles. The molecule has 0 aromatic heterocycles. The average molecular weight is 364 g/mol. The molecule has 3 rings (SSSR count). The van der Waals surface area contributed by atoms with Crippen LogP contribution in [0.5, 0.6) is 11.5 Å². The van der Waals surface area contributed by atoms with Crippen LogP contribution >= 0.6 is 0 Å². The van der Waals surface area contributed by atoms with Crippen molar-refractivity contribution in [2.45, 2.75) is 6.92 Å². The lowest BCUT2D eigenvalue weighted by molar-refractivity contribution is 0.0515. The molecule has 138 valence electrons. The van der Waals surface area contributed by atoms with E-state index in [1.165, 1.54) is 19.2 Å². The van der Waals surface area contributed by atoms with Gasteiger partial charge in [0.2, 0.25) is 0 Å². The van der Waals surface area contributed by atoms with Gasteiger partial charge in [-0.3, -0.25) is 0 Å². The number of benzene rings is 3. The van der Waals surface area contributed by atoms with Crippen LogP contribution in [-0.4, -0.2) is 30.1 Å². The fourth-order valence-corrected chi connectivity index (χ4v) is 3.05. The lowest BCUT2D eigenvalue weighted by Gasteiger charge is -2.17. The van der Waals surface area contributed by atoms with Gasteiger partial charge >= 0.3 is 5.97 Å². The summed E-state index contributed by atoms with van der Waals surface area (Å²) in [4.78, 5) is 11.5. The molecule has 3 aromatic rings. The zero-order valence-electron chi connectivity index (χ0n) is 15.1. The molecule has 0 saturated carbocycles. The smallest absolute Gasteiger partial charge is 0.335 e. The van der Waals surface area contributed by atoms with Crippen LogP contribution in [0.1, 0.15) is 15.9 Å². The van der Waals surface area contributed by atoms with Crippen LogP contribution in [0, 0.1) is 6.92 Å². The van der Waals surface area contributed by atoms with Crippen LogP contribution in [0.3, 0.4) is 0 Å². The number of aromatic carboxylic acids is 1. The highest BCUT2D eigenvalue weighted by Crippen LogP contribution is 2.41. The first-order chi connectivity index (χ1) is 13.0. The molecule has 5 heteroatoms. The molecule has 5 nitrogen and oxygen atoms in total. The van der Waals surface area contributed by atoms with Crippen LogP contribution < -0.4 is 4.74 Å². The zero-order valence-corrected chi connectivity index (χ0v) is 15.1. The summed E-state index contributed by atoms with van der Waals surface area (Å²) in [7, 11) is 1.52. The maximum Gasteiger partial charge on any atom is 0.335 e. The third-order valence-electron chi connectivity index (χ3n) is 4.36. The SMILES string of the molecule is COCOc1ccc(-c2ccccc2)cc1-c1c(O)ccc(C(=O)O)c1C. The van der Waals surface area contributed by atoms with Gasteiger partial charge in [0, 0.05) is 18.2 Å². The number of phenolic OH excluding ortho intramolecular Hbond substituents is 1. The van der Waals surface area contributed by atoms with Crippen LogP contribution in [0.15, 0.2) is 60.7 Å². The van der Waals surface area contributed by atoms with E-state index in [1.54, 1.807) is 13.0 Å². The third-order valence-corrected chi connectivity index (χ3v) is 4.36. The van der Waals surface area contributed by atoms with Gasteiger partial charge in [0.05, 0.1) is 5.56 Å². The maximum absolute atomic E-state index is 11.5. The van der Waals surface area contributed by atoms with Crippen LogP contribution in [0.4, 0.5) is 0 Å². The fraction of sp³-hybridized carbons (Fsp3) is 0.136.